The van der Waals surface area contributed by atoms with Gasteiger partial charge in [0.15, 0.2) is 5.78 Å². The summed E-state index contributed by atoms with van der Waals surface area (Å²) in [6.07, 6.45) is 3.15. The van der Waals surface area contributed by atoms with Gasteiger partial charge in [0.05, 0.1) is 0 Å². The first-order valence-electron chi connectivity index (χ1n) is 5.09. The quantitative estimate of drug-likeness (QED) is 0.605. The van der Waals surface area contributed by atoms with Crippen LogP contribution in [0.2, 0.25) is 0 Å². The predicted molar refractivity (Wildman–Crippen MR) is 55.5 cm³/mol. The molecular formula is C12H20O. The molecule has 0 aliphatic heterocycles. The minimum absolute atomic E-state index is 0.160. The van der Waals surface area contributed by atoms with Crippen molar-refractivity contribution in [3.05, 3.63) is 11.6 Å². The second-order valence-corrected chi connectivity index (χ2v) is 5.02. The molecule has 0 saturated heterocycles. The van der Waals surface area contributed by atoms with E-state index in [1.54, 1.807) is 0 Å². The normalized spacial score (nSPS) is 27.7. The van der Waals surface area contributed by atoms with Gasteiger partial charge in [-0.3, -0.25) is 4.79 Å². The number of hydrogen-bond acceptors (Lipinski definition) is 1. The Morgan fingerprint density at radius 1 is 1.46 bits per heavy atom. The number of carbonyl (C=O) groups excluding carboxylic acids is 1. The molecule has 1 atom stereocenters. The van der Waals surface area contributed by atoms with Crippen LogP contribution in [0.15, 0.2) is 11.6 Å². The van der Waals surface area contributed by atoms with Crippen molar-refractivity contribution in [1.82, 2.24) is 0 Å². The lowest BCUT2D eigenvalue weighted by atomic mass is 9.64. The zero-order valence-corrected chi connectivity index (χ0v) is 9.35. The summed E-state index contributed by atoms with van der Waals surface area (Å²) in [5, 5.41) is 0. The van der Waals surface area contributed by atoms with E-state index in [1.807, 2.05) is 6.92 Å². The van der Waals surface area contributed by atoms with E-state index in [1.165, 1.54) is 0 Å². The van der Waals surface area contributed by atoms with Crippen LogP contribution in [0.4, 0.5) is 0 Å². The maximum absolute atomic E-state index is 11.9. The van der Waals surface area contributed by atoms with Gasteiger partial charge in [-0.25, -0.2) is 0 Å². The summed E-state index contributed by atoms with van der Waals surface area (Å²) in [5.41, 5.74) is 0.786. The molecule has 0 spiro atoms. The summed E-state index contributed by atoms with van der Waals surface area (Å²) < 4.78 is 0. The van der Waals surface area contributed by atoms with Gasteiger partial charge in [-0.1, -0.05) is 33.8 Å². The third-order valence-electron chi connectivity index (χ3n) is 3.35. The van der Waals surface area contributed by atoms with E-state index in [9.17, 15) is 4.79 Å². The smallest absolute Gasteiger partial charge is 0.164 e. The first-order valence-corrected chi connectivity index (χ1v) is 5.09. The zero-order valence-electron chi connectivity index (χ0n) is 9.35. The molecule has 0 fully saturated rings. The summed E-state index contributed by atoms with van der Waals surface area (Å²) in [6, 6.07) is 0. The molecule has 1 heteroatoms. The first kappa shape index (κ1) is 10.5. The summed E-state index contributed by atoms with van der Waals surface area (Å²) in [5.74, 6) is 1.42. The van der Waals surface area contributed by atoms with Gasteiger partial charge >= 0.3 is 0 Å². The average molecular weight is 180 g/mol. The highest BCUT2D eigenvalue weighted by Gasteiger charge is 2.40. The molecule has 1 aliphatic carbocycles. The molecule has 0 heterocycles. The maximum Gasteiger partial charge on any atom is 0.164 e. The highest BCUT2D eigenvalue weighted by atomic mass is 16.1. The minimum atomic E-state index is -0.160. The van der Waals surface area contributed by atoms with Gasteiger partial charge in [0, 0.05) is 5.41 Å². The molecule has 13 heavy (non-hydrogen) atoms. The van der Waals surface area contributed by atoms with Crippen LogP contribution in [0.1, 0.15) is 41.0 Å². The molecule has 0 aromatic carbocycles. The van der Waals surface area contributed by atoms with E-state index in [2.05, 4.69) is 33.8 Å². The first-order chi connectivity index (χ1) is 5.87. The molecule has 1 aliphatic rings. The molecule has 0 radical (unpaired) electrons. The third-order valence-corrected chi connectivity index (χ3v) is 3.35. The third kappa shape index (κ3) is 1.70. The van der Waals surface area contributed by atoms with Gasteiger partial charge in [0.25, 0.3) is 0 Å². The Kier molecular flexibility index (Phi) is 2.65. The van der Waals surface area contributed by atoms with Crippen molar-refractivity contribution in [2.24, 2.45) is 17.3 Å². The molecule has 1 rings (SSSR count). The highest BCUT2D eigenvalue weighted by molar-refractivity contribution is 5.99. The van der Waals surface area contributed by atoms with E-state index in [0.29, 0.717) is 17.6 Å². The fraction of sp³-hybridized carbons (Fsp3) is 0.750. The van der Waals surface area contributed by atoms with Crippen LogP contribution in [-0.2, 0) is 4.79 Å². The van der Waals surface area contributed by atoms with Gasteiger partial charge in [-0.15, -0.1) is 0 Å². The summed E-state index contributed by atoms with van der Waals surface area (Å²) >= 11 is 0. The van der Waals surface area contributed by atoms with Crippen LogP contribution in [0.3, 0.4) is 0 Å². The largest absolute Gasteiger partial charge is 0.294 e. The standard InChI is InChI=1S/C12H20O/c1-8(2)10-7-6-9(3)11(13)12(10,4)5/h6,8,10H,7H2,1-5H3/t10-/m0/s1. The summed E-state index contributed by atoms with van der Waals surface area (Å²) in [6.45, 7) is 10.5. The number of hydrogen-bond donors (Lipinski definition) is 0. The molecule has 1 nitrogen and oxygen atoms in total. The van der Waals surface area contributed by atoms with Crippen molar-refractivity contribution >= 4 is 5.78 Å². The van der Waals surface area contributed by atoms with E-state index in [-0.39, 0.29) is 5.41 Å². The molecule has 0 aromatic rings. The number of rotatable bonds is 1. The molecule has 0 unspecified atom stereocenters. The fourth-order valence-corrected chi connectivity index (χ4v) is 2.47. The van der Waals surface area contributed by atoms with Gasteiger partial charge in [-0.2, -0.15) is 0 Å². The molecule has 0 saturated carbocycles. The van der Waals surface area contributed by atoms with Crippen LogP contribution >= 0.6 is 0 Å². The van der Waals surface area contributed by atoms with Gasteiger partial charge in [0.2, 0.25) is 0 Å². The number of Topliss-reactive ketones (excluding diaryl/α,β-unsaturated/α-hetero) is 1. The Morgan fingerprint density at radius 2 is 2.00 bits per heavy atom. The van der Waals surface area contributed by atoms with Gasteiger partial charge in [0.1, 0.15) is 0 Å². The minimum Gasteiger partial charge on any atom is -0.294 e. The van der Waals surface area contributed by atoms with E-state index >= 15 is 0 Å². The topological polar surface area (TPSA) is 17.1 Å². The number of ketones is 1. The Hall–Kier alpha value is -0.590. The predicted octanol–water partition coefficient (Wildman–Crippen LogP) is 3.20. The lowest BCUT2D eigenvalue weighted by Gasteiger charge is -2.38. The van der Waals surface area contributed by atoms with Crippen molar-refractivity contribution in [3.8, 4) is 0 Å². The van der Waals surface area contributed by atoms with Crippen LogP contribution in [0.25, 0.3) is 0 Å². The van der Waals surface area contributed by atoms with Crippen LogP contribution in [-0.4, -0.2) is 5.78 Å². The van der Waals surface area contributed by atoms with E-state index in [0.717, 1.165) is 12.0 Å². The van der Waals surface area contributed by atoms with Gasteiger partial charge < -0.3 is 0 Å². The second kappa shape index (κ2) is 3.28. The molecule has 0 N–H and O–H groups in total. The zero-order chi connectivity index (χ0) is 10.2. The van der Waals surface area contributed by atoms with Crippen molar-refractivity contribution in [3.63, 3.8) is 0 Å². The number of allylic oxidation sites excluding steroid dienone is 2. The molecule has 0 bridgehead atoms. The lowest BCUT2D eigenvalue weighted by molar-refractivity contribution is -0.127. The SMILES string of the molecule is CC1=CC[C@@H](C(C)C)C(C)(C)C1=O. The lowest BCUT2D eigenvalue weighted by Crippen LogP contribution is -2.38. The Bertz CT molecular complexity index is 246. The Labute approximate surface area is 81.2 Å². The van der Waals surface area contributed by atoms with Crippen molar-refractivity contribution in [1.29, 1.82) is 0 Å². The monoisotopic (exact) mass is 180 g/mol. The number of carbonyl (C=O) groups is 1. The van der Waals surface area contributed by atoms with Crippen molar-refractivity contribution < 1.29 is 4.79 Å². The second-order valence-electron chi connectivity index (χ2n) is 5.02. The maximum atomic E-state index is 11.9. The molecule has 74 valence electrons. The molecular weight excluding hydrogens is 160 g/mol. The Balaban J connectivity index is 3.00. The van der Waals surface area contributed by atoms with Gasteiger partial charge in [-0.05, 0) is 30.8 Å². The van der Waals surface area contributed by atoms with Crippen molar-refractivity contribution in [2.75, 3.05) is 0 Å². The van der Waals surface area contributed by atoms with Crippen LogP contribution in [0.5, 0.6) is 0 Å². The van der Waals surface area contributed by atoms with Crippen LogP contribution < -0.4 is 0 Å². The average Bonchev–Trinajstić information content (AvgIpc) is 1.99. The van der Waals surface area contributed by atoms with Crippen molar-refractivity contribution in [2.45, 2.75) is 41.0 Å². The van der Waals surface area contributed by atoms with Crippen LogP contribution in [0, 0.1) is 17.3 Å². The van der Waals surface area contributed by atoms with E-state index < -0.39 is 0 Å². The summed E-state index contributed by atoms with van der Waals surface area (Å²) in [4.78, 5) is 11.9. The fourth-order valence-electron chi connectivity index (χ4n) is 2.47. The Morgan fingerprint density at radius 3 is 2.46 bits per heavy atom. The summed E-state index contributed by atoms with van der Waals surface area (Å²) in [7, 11) is 0. The highest BCUT2D eigenvalue weighted by Crippen LogP contribution is 2.41. The molecule has 0 aromatic heterocycles. The molecule has 0 amide bonds. The van der Waals surface area contributed by atoms with E-state index in [4.69, 9.17) is 0 Å².